The van der Waals surface area contributed by atoms with Crippen LogP contribution in [0.4, 0.5) is 0 Å². The van der Waals surface area contributed by atoms with Gasteiger partial charge < -0.3 is 5.11 Å². The SMILES string of the molecule is O=C(O)c1ccccc1.[Th]. The minimum Gasteiger partial charge on any atom is -0.478 e. The third-order valence-corrected chi connectivity index (χ3v) is 1.02. The third kappa shape index (κ3) is 2.73. The van der Waals surface area contributed by atoms with E-state index in [0.29, 0.717) is 5.56 Å². The van der Waals surface area contributed by atoms with Gasteiger partial charge in [0.15, 0.2) is 0 Å². The first kappa shape index (κ1) is 10.0. The molecule has 1 aromatic carbocycles. The number of hydrogen-bond acceptors (Lipinski definition) is 1. The van der Waals surface area contributed by atoms with Gasteiger partial charge in [-0.3, -0.25) is 0 Å². The molecule has 0 saturated heterocycles. The summed E-state index contributed by atoms with van der Waals surface area (Å²) < 4.78 is 0. The molecule has 0 aliphatic rings. The van der Waals surface area contributed by atoms with Crippen LogP contribution < -0.4 is 0 Å². The summed E-state index contributed by atoms with van der Waals surface area (Å²) in [6, 6.07) is 8.30. The molecule has 0 atom stereocenters. The zero-order valence-corrected chi connectivity index (χ0v) is 9.35. The van der Waals surface area contributed by atoms with E-state index < -0.39 is 5.97 Å². The molecular weight excluding hydrogens is 348 g/mol. The fraction of sp³-hybridized carbons (Fsp3) is 0. The van der Waals surface area contributed by atoms with Gasteiger partial charge in [-0.15, -0.1) is 0 Å². The van der Waals surface area contributed by atoms with E-state index in [-0.39, 0.29) is 39.9 Å². The van der Waals surface area contributed by atoms with Crippen molar-refractivity contribution >= 4 is 5.97 Å². The summed E-state index contributed by atoms with van der Waals surface area (Å²) in [5.41, 5.74) is 0.331. The molecule has 0 spiro atoms. The van der Waals surface area contributed by atoms with Crippen LogP contribution in [-0.4, -0.2) is 11.1 Å². The molecule has 2 nitrogen and oxygen atoms in total. The van der Waals surface area contributed by atoms with Gasteiger partial charge in [0.25, 0.3) is 0 Å². The van der Waals surface area contributed by atoms with Gasteiger partial charge in [0.2, 0.25) is 0 Å². The Morgan fingerprint density at radius 2 is 1.70 bits per heavy atom. The quantitative estimate of drug-likeness (QED) is 0.828. The maximum atomic E-state index is 10.2. The maximum absolute atomic E-state index is 10.2. The average Bonchev–Trinajstić information content (AvgIpc) is 1.90. The number of rotatable bonds is 1. The number of carboxylic acids is 1. The predicted octanol–water partition coefficient (Wildman–Crippen LogP) is 1.38. The second-order valence-corrected chi connectivity index (χ2v) is 1.67. The van der Waals surface area contributed by atoms with Gasteiger partial charge >= 0.3 is 5.97 Å². The van der Waals surface area contributed by atoms with E-state index in [2.05, 4.69) is 0 Å². The van der Waals surface area contributed by atoms with Crippen molar-refractivity contribution in [3.63, 3.8) is 0 Å². The summed E-state index contributed by atoms with van der Waals surface area (Å²) in [6.45, 7) is 0. The van der Waals surface area contributed by atoms with E-state index >= 15 is 0 Å². The molecule has 0 aliphatic carbocycles. The molecule has 3 heteroatoms. The second kappa shape index (κ2) is 4.77. The Labute approximate surface area is 90.9 Å². The summed E-state index contributed by atoms with van der Waals surface area (Å²) in [5.74, 6) is -0.879. The molecule has 0 amide bonds. The van der Waals surface area contributed by atoms with Crippen molar-refractivity contribution < 1.29 is 49.8 Å². The first-order valence-corrected chi connectivity index (χ1v) is 2.59. The summed E-state index contributed by atoms with van der Waals surface area (Å²) >= 11 is 0. The Morgan fingerprint density at radius 1 is 1.20 bits per heavy atom. The van der Waals surface area contributed by atoms with Gasteiger partial charge in [-0.1, -0.05) is 18.2 Å². The van der Waals surface area contributed by atoms with E-state index in [9.17, 15) is 4.79 Å². The van der Waals surface area contributed by atoms with E-state index in [1.807, 2.05) is 0 Å². The molecule has 10 heavy (non-hydrogen) atoms. The van der Waals surface area contributed by atoms with Crippen LogP contribution in [0.3, 0.4) is 0 Å². The molecule has 0 fully saturated rings. The number of carboxylic acid groups (broad SMARTS) is 1. The van der Waals surface area contributed by atoms with Crippen molar-refractivity contribution in [3.05, 3.63) is 35.9 Å². The van der Waals surface area contributed by atoms with Crippen LogP contribution in [0.25, 0.3) is 0 Å². The van der Waals surface area contributed by atoms with Crippen LogP contribution in [-0.2, 0) is 0 Å². The normalized spacial score (nSPS) is 8.00. The summed E-state index contributed by atoms with van der Waals surface area (Å²) in [6.07, 6.45) is 0. The average molecular weight is 354 g/mol. The van der Waals surface area contributed by atoms with E-state index in [1.165, 1.54) is 0 Å². The Morgan fingerprint density at radius 3 is 2.00 bits per heavy atom. The Hall–Kier alpha value is 0.0147. The van der Waals surface area contributed by atoms with Gasteiger partial charge in [0.1, 0.15) is 0 Å². The van der Waals surface area contributed by atoms with E-state index in [1.54, 1.807) is 30.3 Å². The predicted molar refractivity (Wildman–Crippen MR) is 33.4 cm³/mol. The largest absolute Gasteiger partial charge is 0.478 e. The molecule has 0 aliphatic heterocycles. The van der Waals surface area contributed by atoms with Crippen LogP contribution in [0.1, 0.15) is 10.4 Å². The molecule has 1 rings (SSSR count). The van der Waals surface area contributed by atoms with Crippen molar-refractivity contribution in [2.45, 2.75) is 0 Å². The zero-order valence-electron chi connectivity index (χ0n) is 5.24. The van der Waals surface area contributed by atoms with Crippen LogP contribution in [0.15, 0.2) is 30.3 Å². The number of aromatic carboxylic acids is 1. The molecule has 0 radical (unpaired) electrons. The van der Waals surface area contributed by atoms with Gasteiger partial charge in [-0.2, -0.15) is 0 Å². The fourth-order valence-electron chi connectivity index (χ4n) is 0.581. The molecule has 50 valence electrons. The number of carbonyl (C=O) groups is 1. The Kier molecular flexibility index (Phi) is 4.78. The molecule has 0 heterocycles. The minimum atomic E-state index is -0.879. The van der Waals surface area contributed by atoms with Crippen molar-refractivity contribution in [2.75, 3.05) is 0 Å². The smallest absolute Gasteiger partial charge is 0.335 e. The van der Waals surface area contributed by atoms with Crippen LogP contribution >= 0.6 is 0 Å². The second-order valence-electron chi connectivity index (χ2n) is 1.67. The molecule has 1 N–H and O–H groups in total. The third-order valence-electron chi connectivity index (χ3n) is 1.02. The molecule has 1 aromatic rings. The molecule has 0 saturated carbocycles. The van der Waals surface area contributed by atoms with Crippen LogP contribution in [0.5, 0.6) is 0 Å². The molecular formula is C7H6O2Th. The number of benzene rings is 1. The number of hydrogen-bond donors (Lipinski definition) is 1. The minimum absolute atomic E-state index is 0. The first-order valence-electron chi connectivity index (χ1n) is 2.59. The Bertz CT molecular complexity index is 208. The van der Waals surface area contributed by atoms with Gasteiger partial charge in [0.05, 0.1) is 5.56 Å². The summed E-state index contributed by atoms with van der Waals surface area (Å²) in [5, 5.41) is 8.38. The van der Waals surface area contributed by atoms with Crippen molar-refractivity contribution in [3.8, 4) is 0 Å². The van der Waals surface area contributed by atoms with Crippen molar-refractivity contribution in [1.29, 1.82) is 0 Å². The topological polar surface area (TPSA) is 37.3 Å². The van der Waals surface area contributed by atoms with Crippen LogP contribution in [0, 0.1) is 39.9 Å². The van der Waals surface area contributed by atoms with Gasteiger partial charge in [0, 0.05) is 39.9 Å². The zero-order chi connectivity index (χ0) is 6.69. The molecule has 0 bridgehead atoms. The summed E-state index contributed by atoms with van der Waals surface area (Å²) in [4.78, 5) is 10.2. The van der Waals surface area contributed by atoms with Crippen molar-refractivity contribution in [1.82, 2.24) is 0 Å². The van der Waals surface area contributed by atoms with Crippen molar-refractivity contribution in [2.24, 2.45) is 0 Å². The maximum Gasteiger partial charge on any atom is 0.335 e. The monoisotopic (exact) mass is 354 g/mol. The van der Waals surface area contributed by atoms with E-state index in [0.717, 1.165) is 0 Å². The van der Waals surface area contributed by atoms with E-state index in [4.69, 9.17) is 5.11 Å². The first-order chi connectivity index (χ1) is 4.30. The summed E-state index contributed by atoms with van der Waals surface area (Å²) in [7, 11) is 0. The Balaban J connectivity index is 0.000000810. The standard InChI is InChI=1S/C7H6O2.Th/c8-7(9)6-4-2-1-3-5-6;/h1-5H,(H,8,9);. The molecule has 0 unspecified atom stereocenters. The van der Waals surface area contributed by atoms with Gasteiger partial charge in [-0.25, -0.2) is 4.79 Å². The van der Waals surface area contributed by atoms with Gasteiger partial charge in [-0.05, 0) is 12.1 Å². The van der Waals surface area contributed by atoms with Crippen LogP contribution in [0.2, 0.25) is 0 Å². The fourth-order valence-corrected chi connectivity index (χ4v) is 0.581. The molecule has 0 aromatic heterocycles.